The van der Waals surface area contributed by atoms with Crippen molar-refractivity contribution < 1.29 is 18.4 Å². The molecule has 1 aliphatic heterocycles. The van der Waals surface area contributed by atoms with Crippen LogP contribution in [0.3, 0.4) is 0 Å². The van der Waals surface area contributed by atoms with Crippen molar-refractivity contribution in [1.82, 2.24) is 5.32 Å². The maximum absolute atomic E-state index is 13.5. The van der Waals surface area contributed by atoms with Gasteiger partial charge in [-0.15, -0.1) is 0 Å². The molecule has 4 nitrogen and oxygen atoms in total. The minimum absolute atomic E-state index is 0.000876. The molecule has 2 fully saturated rings. The van der Waals surface area contributed by atoms with Crippen LogP contribution < -0.4 is 10.2 Å². The van der Waals surface area contributed by atoms with Crippen LogP contribution >= 0.6 is 0 Å². The molecule has 0 radical (unpaired) electrons. The van der Waals surface area contributed by atoms with Crippen LogP contribution in [-0.2, 0) is 9.59 Å². The molecule has 1 saturated carbocycles. The van der Waals surface area contributed by atoms with E-state index in [1.54, 1.807) is 0 Å². The van der Waals surface area contributed by atoms with E-state index in [2.05, 4.69) is 5.32 Å². The van der Waals surface area contributed by atoms with Crippen molar-refractivity contribution in [3.05, 3.63) is 29.8 Å². The minimum Gasteiger partial charge on any atom is -0.353 e. The van der Waals surface area contributed by atoms with Crippen LogP contribution in [0.5, 0.6) is 0 Å². The summed E-state index contributed by atoms with van der Waals surface area (Å²) in [7, 11) is 0. The van der Waals surface area contributed by atoms with Gasteiger partial charge in [0.05, 0.1) is 5.41 Å². The molecule has 136 valence electrons. The Bertz CT molecular complexity index is 659. The number of rotatable bonds is 4. The number of benzene rings is 1. The molecule has 1 heterocycles. The van der Waals surface area contributed by atoms with Gasteiger partial charge in [-0.3, -0.25) is 9.59 Å². The Hall–Kier alpha value is -1.98. The zero-order chi connectivity index (χ0) is 18.0. The molecule has 0 unspecified atom stereocenters. The highest BCUT2D eigenvalue weighted by atomic mass is 19.1. The predicted molar refractivity (Wildman–Crippen MR) is 91.1 cm³/mol. The summed E-state index contributed by atoms with van der Waals surface area (Å²) >= 11 is 0. The van der Waals surface area contributed by atoms with Crippen LogP contribution in [0.1, 0.15) is 51.9 Å². The summed E-state index contributed by atoms with van der Waals surface area (Å²) < 4.78 is 27.0. The predicted octanol–water partition coefficient (Wildman–Crippen LogP) is 3.55. The molecule has 1 aliphatic carbocycles. The fraction of sp³-hybridized carbons (Fsp3) is 0.579. The zero-order valence-corrected chi connectivity index (χ0v) is 14.5. The first kappa shape index (κ1) is 17.8. The molecule has 3 rings (SSSR count). The number of carbonyl (C=O) groups excluding carboxylic acids is 2. The van der Waals surface area contributed by atoms with Gasteiger partial charge < -0.3 is 10.2 Å². The standard InChI is InChI=1S/C19H24F2N2O2/c1-2-4-17(24)22-15-5-3-6-19(12-15)7-8-23(18(19)25)16-10-13(20)9-14(21)11-16/h9-11,15H,2-8,12H2,1H3,(H,22,24)/t15-,19-/m0/s1. The first-order chi connectivity index (χ1) is 11.9. The third-order valence-electron chi connectivity index (χ3n) is 5.36. The van der Waals surface area contributed by atoms with Crippen LogP contribution in [0.4, 0.5) is 14.5 Å². The third kappa shape index (κ3) is 3.67. The van der Waals surface area contributed by atoms with Crippen molar-refractivity contribution in [2.45, 2.75) is 57.9 Å². The van der Waals surface area contributed by atoms with Gasteiger partial charge in [-0.2, -0.15) is 0 Å². The van der Waals surface area contributed by atoms with Gasteiger partial charge in [0.15, 0.2) is 0 Å². The smallest absolute Gasteiger partial charge is 0.233 e. The number of carbonyl (C=O) groups is 2. The quantitative estimate of drug-likeness (QED) is 0.903. The number of hydrogen-bond acceptors (Lipinski definition) is 2. The van der Waals surface area contributed by atoms with Crippen LogP contribution in [0, 0.1) is 17.0 Å². The SMILES string of the molecule is CCCC(=O)N[C@H]1CCC[C@]2(CCN(c3cc(F)cc(F)c3)C2=O)C1. The van der Waals surface area contributed by atoms with Crippen molar-refractivity contribution in [1.29, 1.82) is 0 Å². The normalized spacial score (nSPS) is 26.3. The molecular formula is C19H24F2N2O2. The van der Waals surface area contributed by atoms with E-state index in [1.807, 2.05) is 6.92 Å². The fourth-order valence-corrected chi connectivity index (χ4v) is 4.20. The molecule has 1 N–H and O–H groups in total. The summed E-state index contributed by atoms with van der Waals surface area (Å²) in [5.74, 6) is -1.42. The number of amides is 2. The first-order valence-electron chi connectivity index (χ1n) is 9.01. The Morgan fingerprint density at radius 1 is 1.28 bits per heavy atom. The molecule has 2 amide bonds. The van der Waals surface area contributed by atoms with E-state index < -0.39 is 17.0 Å². The minimum atomic E-state index is -0.683. The second-order valence-electron chi connectivity index (χ2n) is 7.23. The molecule has 1 saturated heterocycles. The van der Waals surface area contributed by atoms with Gasteiger partial charge >= 0.3 is 0 Å². The molecule has 0 aromatic heterocycles. The van der Waals surface area contributed by atoms with Crippen molar-refractivity contribution in [2.24, 2.45) is 5.41 Å². The van der Waals surface area contributed by atoms with Crippen LogP contribution in [0.15, 0.2) is 18.2 Å². The summed E-state index contributed by atoms with van der Waals surface area (Å²) in [5.41, 5.74) is -0.248. The summed E-state index contributed by atoms with van der Waals surface area (Å²) in [4.78, 5) is 26.4. The zero-order valence-electron chi connectivity index (χ0n) is 14.5. The van der Waals surface area contributed by atoms with E-state index in [-0.39, 0.29) is 23.5 Å². The van der Waals surface area contributed by atoms with E-state index in [0.29, 0.717) is 25.8 Å². The monoisotopic (exact) mass is 350 g/mol. The van der Waals surface area contributed by atoms with Gasteiger partial charge in [-0.1, -0.05) is 13.3 Å². The van der Waals surface area contributed by atoms with Crippen LogP contribution in [0.2, 0.25) is 0 Å². The summed E-state index contributed by atoms with van der Waals surface area (Å²) in [6, 6.07) is 3.20. The number of halogens is 2. The largest absolute Gasteiger partial charge is 0.353 e. The lowest BCUT2D eigenvalue weighted by atomic mass is 9.71. The number of anilines is 1. The molecule has 0 bridgehead atoms. The molecule has 1 aromatic rings. The highest BCUT2D eigenvalue weighted by Gasteiger charge is 2.49. The lowest BCUT2D eigenvalue weighted by Gasteiger charge is -2.37. The van der Waals surface area contributed by atoms with Crippen molar-refractivity contribution in [2.75, 3.05) is 11.4 Å². The van der Waals surface area contributed by atoms with E-state index in [0.717, 1.165) is 31.7 Å². The molecule has 6 heteroatoms. The van der Waals surface area contributed by atoms with Gasteiger partial charge in [0.1, 0.15) is 11.6 Å². The fourth-order valence-electron chi connectivity index (χ4n) is 4.20. The lowest BCUT2D eigenvalue weighted by Crippen LogP contribution is -2.45. The van der Waals surface area contributed by atoms with Crippen molar-refractivity contribution in [3.8, 4) is 0 Å². The van der Waals surface area contributed by atoms with Crippen LogP contribution in [0.25, 0.3) is 0 Å². The number of nitrogens with one attached hydrogen (secondary N) is 1. The second kappa shape index (κ2) is 7.10. The Morgan fingerprint density at radius 3 is 2.68 bits per heavy atom. The number of hydrogen-bond donors (Lipinski definition) is 1. The van der Waals surface area contributed by atoms with Gasteiger partial charge in [0.2, 0.25) is 11.8 Å². The second-order valence-corrected chi connectivity index (χ2v) is 7.23. The highest BCUT2D eigenvalue weighted by molar-refractivity contribution is 6.00. The maximum Gasteiger partial charge on any atom is 0.233 e. The molecule has 2 atom stereocenters. The molecule has 1 spiro atoms. The van der Waals surface area contributed by atoms with Gasteiger partial charge in [0, 0.05) is 30.8 Å². The average molecular weight is 350 g/mol. The lowest BCUT2D eigenvalue weighted by molar-refractivity contribution is -0.129. The highest BCUT2D eigenvalue weighted by Crippen LogP contribution is 2.46. The molecular weight excluding hydrogens is 326 g/mol. The van der Waals surface area contributed by atoms with Gasteiger partial charge in [-0.25, -0.2) is 8.78 Å². The van der Waals surface area contributed by atoms with Crippen LogP contribution in [-0.4, -0.2) is 24.4 Å². The topological polar surface area (TPSA) is 49.4 Å². The Labute approximate surface area is 146 Å². The average Bonchev–Trinajstić information content (AvgIpc) is 2.83. The van der Waals surface area contributed by atoms with E-state index in [4.69, 9.17) is 0 Å². The van der Waals surface area contributed by atoms with E-state index >= 15 is 0 Å². The van der Waals surface area contributed by atoms with Gasteiger partial charge in [-0.05, 0) is 44.2 Å². The summed E-state index contributed by atoms with van der Waals surface area (Å²) in [6.07, 6.45) is 5.06. The third-order valence-corrected chi connectivity index (χ3v) is 5.36. The molecule has 25 heavy (non-hydrogen) atoms. The number of nitrogens with zero attached hydrogens (tertiary/aromatic N) is 1. The van der Waals surface area contributed by atoms with E-state index in [1.165, 1.54) is 17.0 Å². The summed E-state index contributed by atoms with van der Waals surface area (Å²) in [5, 5.41) is 3.03. The van der Waals surface area contributed by atoms with Gasteiger partial charge in [0.25, 0.3) is 0 Å². The molecule has 1 aromatic carbocycles. The Balaban J connectivity index is 1.74. The maximum atomic E-state index is 13.5. The Morgan fingerprint density at radius 2 is 2.00 bits per heavy atom. The Kier molecular flexibility index (Phi) is 5.06. The first-order valence-corrected chi connectivity index (χ1v) is 9.01. The van der Waals surface area contributed by atoms with Crippen molar-refractivity contribution in [3.63, 3.8) is 0 Å². The summed E-state index contributed by atoms with van der Waals surface area (Å²) in [6.45, 7) is 2.41. The molecule has 2 aliphatic rings. The van der Waals surface area contributed by atoms with E-state index in [9.17, 15) is 18.4 Å². The van der Waals surface area contributed by atoms with Crippen molar-refractivity contribution >= 4 is 17.5 Å².